The summed E-state index contributed by atoms with van der Waals surface area (Å²) in [6, 6.07) is 8.12. The average Bonchev–Trinajstić information content (AvgIpc) is 2.95. The third-order valence-electron chi connectivity index (χ3n) is 5.12. The van der Waals surface area contributed by atoms with E-state index in [0.717, 1.165) is 50.3 Å². The Morgan fingerprint density at radius 3 is 2.52 bits per heavy atom. The van der Waals surface area contributed by atoms with E-state index in [9.17, 15) is 4.79 Å². The predicted octanol–water partition coefficient (Wildman–Crippen LogP) is 3.05. The summed E-state index contributed by atoms with van der Waals surface area (Å²) < 4.78 is 7.23. The van der Waals surface area contributed by atoms with Gasteiger partial charge in [-0.05, 0) is 55.4 Å². The third-order valence-corrected chi connectivity index (χ3v) is 5.12. The standard InChI is InChI=1S/C20H27N3O2/c1-15-19(12-17-8-10-22(11-9-17)16(2)24)14-23(21-15)13-18-4-6-20(25-3)7-5-18/h4-7,14,17H,8-13H2,1-3H3. The van der Waals surface area contributed by atoms with Crippen LogP contribution in [-0.2, 0) is 17.8 Å². The quantitative estimate of drug-likeness (QED) is 0.840. The highest BCUT2D eigenvalue weighted by Gasteiger charge is 2.22. The van der Waals surface area contributed by atoms with Crippen LogP contribution < -0.4 is 4.74 Å². The number of hydrogen-bond donors (Lipinski definition) is 0. The van der Waals surface area contributed by atoms with Crippen LogP contribution >= 0.6 is 0 Å². The van der Waals surface area contributed by atoms with Crippen molar-refractivity contribution in [1.29, 1.82) is 0 Å². The van der Waals surface area contributed by atoms with Gasteiger partial charge < -0.3 is 9.64 Å². The summed E-state index contributed by atoms with van der Waals surface area (Å²) in [5.41, 5.74) is 3.65. The van der Waals surface area contributed by atoms with E-state index in [1.54, 1.807) is 14.0 Å². The number of carbonyl (C=O) groups is 1. The molecular weight excluding hydrogens is 314 g/mol. The molecule has 0 atom stereocenters. The molecule has 1 saturated heterocycles. The number of hydrogen-bond acceptors (Lipinski definition) is 3. The van der Waals surface area contributed by atoms with Crippen LogP contribution in [0.1, 0.15) is 36.6 Å². The molecule has 0 spiro atoms. The van der Waals surface area contributed by atoms with Gasteiger partial charge in [-0.1, -0.05) is 12.1 Å². The summed E-state index contributed by atoms with van der Waals surface area (Å²) in [5.74, 6) is 1.72. The van der Waals surface area contributed by atoms with Crippen molar-refractivity contribution in [2.24, 2.45) is 5.92 Å². The van der Waals surface area contributed by atoms with Gasteiger partial charge in [0, 0.05) is 26.2 Å². The van der Waals surface area contributed by atoms with Crippen LogP contribution in [0.15, 0.2) is 30.5 Å². The molecule has 1 aliphatic rings. The number of rotatable bonds is 5. The van der Waals surface area contributed by atoms with Crippen molar-refractivity contribution in [3.8, 4) is 5.75 Å². The van der Waals surface area contributed by atoms with Gasteiger partial charge in [-0.3, -0.25) is 9.48 Å². The number of piperidine rings is 1. The van der Waals surface area contributed by atoms with Gasteiger partial charge in [0.15, 0.2) is 0 Å². The molecule has 0 bridgehead atoms. The fourth-order valence-electron chi connectivity index (χ4n) is 3.52. The molecule has 0 unspecified atom stereocenters. The first-order valence-corrected chi connectivity index (χ1v) is 8.96. The number of methoxy groups -OCH3 is 1. The zero-order valence-corrected chi connectivity index (χ0v) is 15.4. The lowest BCUT2D eigenvalue weighted by Crippen LogP contribution is -2.37. The highest BCUT2D eigenvalue weighted by atomic mass is 16.5. The lowest BCUT2D eigenvalue weighted by molar-refractivity contribution is -0.130. The molecular formula is C20H27N3O2. The predicted molar refractivity (Wildman–Crippen MR) is 97.7 cm³/mol. The maximum atomic E-state index is 11.4. The van der Waals surface area contributed by atoms with E-state index in [0.29, 0.717) is 5.92 Å². The molecule has 0 saturated carbocycles. The molecule has 134 valence electrons. The fourth-order valence-corrected chi connectivity index (χ4v) is 3.52. The lowest BCUT2D eigenvalue weighted by atomic mass is 9.90. The highest BCUT2D eigenvalue weighted by Crippen LogP contribution is 2.23. The summed E-state index contributed by atoms with van der Waals surface area (Å²) >= 11 is 0. The van der Waals surface area contributed by atoms with Gasteiger partial charge in [0.1, 0.15) is 5.75 Å². The number of ether oxygens (including phenoxy) is 1. The second-order valence-electron chi connectivity index (χ2n) is 6.94. The Labute approximate surface area is 149 Å². The minimum Gasteiger partial charge on any atom is -0.497 e. The molecule has 1 fully saturated rings. The zero-order chi connectivity index (χ0) is 17.8. The number of aryl methyl sites for hydroxylation is 1. The minimum atomic E-state index is 0.196. The second kappa shape index (κ2) is 7.72. The van der Waals surface area contributed by atoms with Crippen molar-refractivity contribution >= 4 is 5.91 Å². The first kappa shape index (κ1) is 17.5. The molecule has 25 heavy (non-hydrogen) atoms. The van der Waals surface area contributed by atoms with Crippen molar-refractivity contribution in [2.75, 3.05) is 20.2 Å². The number of likely N-dealkylation sites (tertiary alicyclic amines) is 1. The van der Waals surface area contributed by atoms with E-state index in [2.05, 4.69) is 30.4 Å². The van der Waals surface area contributed by atoms with Crippen molar-refractivity contribution in [3.63, 3.8) is 0 Å². The van der Waals surface area contributed by atoms with E-state index in [-0.39, 0.29) is 5.91 Å². The molecule has 5 heteroatoms. The number of nitrogens with zero attached hydrogens (tertiary/aromatic N) is 3. The maximum Gasteiger partial charge on any atom is 0.219 e. The van der Waals surface area contributed by atoms with E-state index in [4.69, 9.17) is 4.74 Å². The minimum absolute atomic E-state index is 0.196. The summed E-state index contributed by atoms with van der Waals surface area (Å²) in [6.07, 6.45) is 5.41. The lowest BCUT2D eigenvalue weighted by Gasteiger charge is -2.31. The van der Waals surface area contributed by atoms with Gasteiger partial charge in [0.2, 0.25) is 5.91 Å². The molecule has 1 aliphatic heterocycles. The number of benzene rings is 1. The maximum absolute atomic E-state index is 11.4. The van der Waals surface area contributed by atoms with E-state index < -0.39 is 0 Å². The van der Waals surface area contributed by atoms with Gasteiger partial charge in [-0.15, -0.1) is 0 Å². The molecule has 1 aromatic carbocycles. The Balaban J connectivity index is 1.59. The van der Waals surface area contributed by atoms with E-state index in [1.165, 1.54) is 11.1 Å². The van der Waals surface area contributed by atoms with Crippen LogP contribution in [0.2, 0.25) is 0 Å². The molecule has 1 amide bonds. The normalized spacial score (nSPS) is 15.4. The Hall–Kier alpha value is -2.30. The number of amides is 1. The van der Waals surface area contributed by atoms with E-state index >= 15 is 0 Å². The van der Waals surface area contributed by atoms with Crippen LogP contribution in [0.25, 0.3) is 0 Å². The monoisotopic (exact) mass is 341 g/mol. The Morgan fingerprint density at radius 2 is 1.92 bits per heavy atom. The van der Waals surface area contributed by atoms with Crippen LogP contribution in [-0.4, -0.2) is 40.8 Å². The van der Waals surface area contributed by atoms with Crippen molar-refractivity contribution < 1.29 is 9.53 Å². The molecule has 2 aromatic rings. The van der Waals surface area contributed by atoms with E-state index in [1.807, 2.05) is 21.7 Å². The smallest absolute Gasteiger partial charge is 0.219 e. The molecule has 1 aromatic heterocycles. The second-order valence-corrected chi connectivity index (χ2v) is 6.94. The number of carbonyl (C=O) groups excluding carboxylic acids is 1. The molecule has 0 N–H and O–H groups in total. The van der Waals surface area contributed by atoms with Crippen molar-refractivity contribution in [1.82, 2.24) is 14.7 Å². The van der Waals surface area contributed by atoms with Crippen LogP contribution in [0.5, 0.6) is 5.75 Å². The largest absolute Gasteiger partial charge is 0.497 e. The van der Waals surface area contributed by atoms with Gasteiger partial charge in [0.25, 0.3) is 0 Å². The average molecular weight is 341 g/mol. The zero-order valence-electron chi connectivity index (χ0n) is 15.4. The highest BCUT2D eigenvalue weighted by molar-refractivity contribution is 5.73. The fraction of sp³-hybridized carbons (Fsp3) is 0.500. The summed E-state index contributed by atoms with van der Waals surface area (Å²) in [5, 5.41) is 4.68. The first-order valence-electron chi connectivity index (χ1n) is 8.96. The molecule has 5 nitrogen and oxygen atoms in total. The molecule has 2 heterocycles. The summed E-state index contributed by atoms with van der Waals surface area (Å²) in [7, 11) is 1.68. The van der Waals surface area contributed by atoms with Gasteiger partial charge in [-0.2, -0.15) is 5.10 Å². The summed E-state index contributed by atoms with van der Waals surface area (Å²) in [6.45, 7) is 6.30. The summed E-state index contributed by atoms with van der Waals surface area (Å²) in [4.78, 5) is 13.4. The van der Waals surface area contributed by atoms with Gasteiger partial charge in [-0.25, -0.2) is 0 Å². The van der Waals surface area contributed by atoms with Crippen molar-refractivity contribution in [2.45, 2.75) is 39.7 Å². The Kier molecular flexibility index (Phi) is 5.41. The van der Waals surface area contributed by atoms with Gasteiger partial charge in [0.05, 0.1) is 19.3 Å². The molecule has 0 aliphatic carbocycles. The van der Waals surface area contributed by atoms with Crippen LogP contribution in [0, 0.1) is 12.8 Å². The van der Waals surface area contributed by atoms with Crippen LogP contribution in [0.3, 0.4) is 0 Å². The third kappa shape index (κ3) is 4.41. The SMILES string of the molecule is COc1ccc(Cn2cc(CC3CCN(C(C)=O)CC3)c(C)n2)cc1. The Morgan fingerprint density at radius 1 is 1.24 bits per heavy atom. The molecule has 3 rings (SSSR count). The van der Waals surface area contributed by atoms with Crippen LogP contribution in [0.4, 0.5) is 0 Å². The number of aromatic nitrogens is 2. The molecule has 0 radical (unpaired) electrons. The first-order chi connectivity index (χ1) is 12.0. The Bertz CT molecular complexity index is 713. The topological polar surface area (TPSA) is 47.4 Å². The van der Waals surface area contributed by atoms with Crippen molar-refractivity contribution in [3.05, 3.63) is 47.3 Å². The van der Waals surface area contributed by atoms with Gasteiger partial charge >= 0.3 is 0 Å².